The molecule has 1 saturated heterocycles. The first kappa shape index (κ1) is 16.8. The Morgan fingerprint density at radius 2 is 1.77 bits per heavy atom. The monoisotopic (exact) mass is 336 g/mol. The molecule has 0 aliphatic carbocycles. The molecule has 1 aromatic rings. The van der Waals surface area contributed by atoms with Crippen molar-refractivity contribution in [2.75, 3.05) is 19.6 Å². The van der Waals surface area contributed by atoms with Gasteiger partial charge in [0.2, 0.25) is 10.0 Å². The molecule has 1 fully saturated rings. The molecule has 1 N–H and O–H groups in total. The molecule has 1 amide bonds. The molecule has 0 unspecified atom stereocenters. The molecule has 0 radical (unpaired) electrons. The average molecular weight is 336 g/mol. The predicted octanol–water partition coefficient (Wildman–Crippen LogP) is 1.76. The van der Waals surface area contributed by atoms with Gasteiger partial charge < -0.3 is 5.32 Å². The van der Waals surface area contributed by atoms with Gasteiger partial charge in [0.25, 0.3) is 5.91 Å². The summed E-state index contributed by atoms with van der Waals surface area (Å²) in [7, 11) is -3.88. The zero-order valence-corrected chi connectivity index (χ0v) is 12.4. The van der Waals surface area contributed by atoms with Crippen LogP contribution >= 0.6 is 0 Å². The Labute approximate surface area is 126 Å². The molecule has 1 aromatic carbocycles. The van der Waals surface area contributed by atoms with Crippen molar-refractivity contribution in [2.45, 2.75) is 23.9 Å². The Hall–Kier alpha value is -1.61. The van der Waals surface area contributed by atoms with Crippen LogP contribution in [0.3, 0.4) is 0 Å². The molecule has 1 heterocycles. The molecular weight excluding hydrogens is 321 g/mol. The maximum Gasteiger partial charge on any atom is 0.405 e. The molecule has 5 nitrogen and oxygen atoms in total. The number of sulfonamides is 1. The maximum atomic E-state index is 12.5. The molecule has 9 heteroatoms. The minimum absolute atomic E-state index is 0.267. The van der Waals surface area contributed by atoms with Gasteiger partial charge in [0, 0.05) is 13.1 Å². The van der Waals surface area contributed by atoms with Crippen molar-refractivity contribution >= 4 is 15.9 Å². The van der Waals surface area contributed by atoms with E-state index in [1.807, 2.05) is 0 Å². The van der Waals surface area contributed by atoms with Crippen molar-refractivity contribution in [3.8, 4) is 0 Å². The van der Waals surface area contributed by atoms with Crippen LogP contribution in [0.5, 0.6) is 0 Å². The van der Waals surface area contributed by atoms with Gasteiger partial charge in [0.05, 0.1) is 10.5 Å². The third-order valence-corrected chi connectivity index (χ3v) is 5.22. The number of carbonyl (C=O) groups is 1. The average Bonchev–Trinajstić information content (AvgIpc) is 2.99. The topological polar surface area (TPSA) is 66.5 Å². The van der Waals surface area contributed by atoms with Crippen LogP contribution in [0.1, 0.15) is 23.2 Å². The van der Waals surface area contributed by atoms with E-state index in [2.05, 4.69) is 0 Å². The van der Waals surface area contributed by atoms with Gasteiger partial charge in [-0.3, -0.25) is 4.79 Å². The van der Waals surface area contributed by atoms with Gasteiger partial charge in [-0.15, -0.1) is 0 Å². The highest BCUT2D eigenvalue weighted by Gasteiger charge is 2.32. The number of benzene rings is 1. The first-order valence-corrected chi connectivity index (χ1v) is 8.10. The number of nitrogens with one attached hydrogen (secondary N) is 1. The summed E-state index contributed by atoms with van der Waals surface area (Å²) in [5, 5.41) is 1.70. The van der Waals surface area contributed by atoms with Crippen LogP contribution in [0.15, 0.2) is 29.2 Å². The van der Waals surface area contributed by atoms with Gasteiger partial charge in [-0.2, -0.15) is 17.5 Å². The van der Waals surface area contributed by atoms with Crippen LogP contribution in [0.25, 0.3) is 0 Å². The highest BCUT2D eigenvalue weighted by molar-refractivity contribution is 7.89. The zero-order chi connectivity index (χ0) is 16.4. The van der Waals surface area contributed by atoms with Gasteiger partial charge in [0.1, 0.15) is 6.54 Å². The van der Waals surface area contributed by atoms with E-state index >= 15 is 0 Å². The van der Waals surface area contributed by atoms with E-state index in [1.165, 1.54) is 28.6 Å². The number of nitrogens with zero attached hydrogens (tertiary/aromatic N) is 1. The molecule has 22 heavy (non-hydrogen) atoms. The number of hydrogen-bond donors (Lipinski definition) is 1. The second-order valence-electron chi connectivity index (χ2n) is 4.91. The van der Waals surface area contributed by atoms with E-state index in [1.54, 1.807) is 5.32 Å². The molecular formula is C13H15F3N2O3S. The molecule has 1 aliphatic heterocycles. The summed E-state index contributed by atoms with van der Waals surface area (Å²) in [6, 6.07) is 5.28. The van der Waals surface area contributed by atoms with Crippen LogP contribution in [-0.2, 0) is 10.0 Å². The predicted molar refractivity (Wildman–Crippen MR) is 72.8 cm³/mol. The number of alkyl halides is 3. The molecule has 0 spiro atoms. The maximum absolute atomic E-state index is 12.5. The Morgan fingerprint density at radius 1 is 1.18 bits per heavy atom. The molecule has 0 saturated carbocycles. The number of hydrogen-bond acceptors (Lipinski definition) is 3. The largest absolute Gasteiger partial charge is 0.405 e. The first-order chi connectivity index (χ1) is 10.2. The number of amides is 1. The fraction of sp³-hybridized carbons (Fsp3) is 0.462. The quantitative estimate of drug-likeness (QED) is 0.911. The van der Waals surface area contributed by atoms with E-state index in [0.717, 1.165) is 12.8 Å². The Bertz CT molecular complexity index is 653. The zero-order valence-electron chi connectivity index (χ0n) is 11.6. The van der Waals surface area contributed by atoms with Gasteiger partial charge in [-0.05, 0) is 25.0 Å². The third-order valence-electron chi connectivity index (χ3n) is 3.26. The van der Waals surface area contributed by atoms with Crippen LogP contribution in [-0.4, -0.2) is 44.4 Å². The van der Waals surface area contributed by atoms with Crippen LogP contribution < -0.4 is 5.32 Å². The van der Waals surface area contributed by atoms with E-state index in [-0.39, 0.29) is 10.5 Å². The lowest BCUT2D eigenvalue weighted by atomic mass is 10.2. The highest BCUT2D eigenvalue weighted by atomic mass is 32.2. The Balaban J connectivity index is 2.28. The summed E-state index contributed by atoms with van der Waals surface area (Å²) in [5.41, 5.74) is -0.279. The van der Waals surface area contributed by atoms with E-state index in [4.69, 9.17) is 0 Å². The summed E-state index contributed by atoms with van der Waals surface area (Å²) in [6.45, 7) is -0.814. The smallest absolute Gasteiger partial charge is 0.343 e. The van der Waals surface area contributed by atoms with Gasteiger partial charge in [-0.1, -0.05) is 12.1 Å². The second-order valence-corrected chi connectivity index (χ2v) is 6.81. The molecule has 1 aliphatic rings. The molecule has 2 rings (SSSR count). The second kappa shape index (κ2) is 6.25. The SMILES string of the molecule is O=C(NCC(F)(F)F)c1ccccc1S(=O)(=O)N1CCCC1. The summed E-state index contributed by atoms with van der Waals surface area (Å²) in [4.78, 5) is 11.6. The highest BCUT2D eigenvalue weighted by Crippen LogP contribution is 2.24. The summed E-state index contributed by atoms with van der Waals surface area (Å²) >= 11 is 0. The molecule has 0 atom stereocenters. The summed E-state index contributed by atoms with van der Waals surface area (Å²) in [5.74, 6) is -1.06. The van der Waals surface area contributed by atoms with E-state index < -0.39 is 28.7 Å². The Kier molecular flexibility index (Phi) is 4.76. The van der Waals surface area contributed by atoms with Crippen molar-refractivity contribution in [2.24, 2.45) is 0 Å². The minimum atomic E-state index is -4.56. The van der Waals surface area contributed by atoms with Crippen molar-refractivity contribution in [3.63, 3.8) is 0 Å². The molecule has 0 aromatic heterocycles. The fourth-order valence-electron chi connectivity index (χ4n) is 2.22. The lowest BCUT2D eigenvalue weighted by Gasteiger charge is -2.18. The first-order valence-electron chi connectivity index (χ1n) is 6.66. The lowest BCUT2D eigenvalue weighted by molar-refractivity contribution is -0.123. The minimum Gasteiger partial charge on any atom is -0.343 e. The van der Waals surface area contributed by atoms with Gasteiger partial charge in [-0.25, -0.2) is 8.42 Å². The molecule has 122 valence electrons. The standard InChI is InChI=1S/C13H15F3N2O3S/c14-13(15,16)9-17-12(19)10-5-1-2-6-11(10)22(20,21)18-7-3-4-8-18/h1-2,5-6H,3-4,7-9H2,(H,17,19). The van der Waals surface area contributed by atoms with Crippen LogP contribution in [0.2, 0.25) is 0 Å². The number of rotatable bonds is 4. The van der Waals surface area contributed by atoms with E-state index in [0.29, 0.717) is 13.1 Å². The number of carbonyl (C=O) groups excluding carboxylic acids is 1. The summed E-state index contributed by atoms with van der Waals surface area (Å²) in [6.07, 6.45) is -3.11. The van der Waals surface area contributed by atoms with Crippen molar-refractivity contribution in [3.05, 3.63) is 29.8 Å². The summed E-state index contributed by atoms with van der Waals surface area (Å²) < 4.78 is 62.7. The third kappa shape index (κ3) is 3.77. The van der Waals surface area contributed by atoms with Crippen molar-refractivity contribution < 1.29 is 26.4 Å². The van der Waals surface area contributed by atoms with Crippen LogP contribution in [0.4, 0.5) is 13.2 Å². The van der Waals surface area contributed by atoms with Crippen LogP contribution in [0, 0.1) is 0 Å². The molecule has 0 bridgehead atoms. The fourth-order valence-corrected chi connectivity index (χ4v) is 3.93. The van der Waals surface area contributed by atoms with Crippen molar-refractivity contribution in [1.82, 2.24) is 9.62 Å². The lowest BCUT2D eigenvalue weighted by Crippen LogP contribution is -2.35. The number of halogens is 3. The van der Waals surface area contributed by atoms with E-state index in [9.17, 15) is 26.4 Å². The normalized spacial score (nSPS) is 16.7. The van der Waals surface area contributed by atoms with Gasteiger partial charge >= 0.3 is 6.18 Å². The Morgan fingerprint density at radius 3 is 2.36 bits per heavy atom. The van der Waals surface area contributed by atoms with Gasteiger partial charge in [0.15, 0.2) is 0 Å². The van der Waals surface area contributed by atoms with Crippen molar-refractivity contribution in [1.29, 1.82) is 0 Å².